The van der Waals surface area contributed by atoms with Gasteiger partial charge in [-0.1, -0.05) is 26.6 Å². The quantitative estimate of drug-likeness (QED) is 0.766. The van der Waals surface area contributed by atoms with Gasteiger partial charge < -0.3 is 5.11 Å². The van der Waals surface area contributed by atoms with E-state index in [9.17, 15) is 5.11 Å². The number of aliphatic hydroxyl groups is 1. The van der Waals surface area contributed by atoms with Gasteiger partial charge in [0.2, 0.25) is 0 Å². The zero-order valence-electron chi connectivity index (χ0n) is 14.0. The van der Waals surface area contributed by atoms with Crippen LogP contribution in [0, 0.1) is 68.7 Å². The van der Waals surface area contributed by atoms with Gasteiger partial charge in [0.1, 0.15) is 0 Å². The van der Waals surface area contributed by atoms with Crippen molar-refractivity contribution in [3.05, 3.63) is 62.8 Å². The van der Waals surface area contributed by atoms with Gasteiger partial charge in [0, 0.05) is 17.1 Å². The largest absolute Gasteiger partial charge is 0.390 e. The van der Waals surface area contributed by atoms with E-state index in [0.717, 1.165) is 0 Å². The molecule has 0 unspecified atom stereocenters. The van der Waals surface area contributed by atoms with Crippen molar-refractivity contribution in [1.29, 1.82) is 0 Å². The summed E-state index contributed by atoms with van der Waals surface area (Å²) in [4.78, 5) is 0. The van der Waals surface area contributed by atoms with Crippen LogP contribution in [-0.2, 0) is 17.1 Å². The second-order valence-electron chi connectivity index (χ2n) is 6.98. The molecule has 2 fully saturated rings. The molecule has 3 heteroatoms. The van der Waals surface area contributed by atoms with Gasteiger partial charge in [-0.05, 0) is 82.6 Å². The first-order valence-corrected chi connectivity index (χ1v) is 10.8. The average Bonchev–Trinajstić information content (AvgIpc) is 3.00. The van der Waals surface area contributed by atoms with E-state index in [2.05, 4.69) is 45.8 Å². The summed E-state index contributed by atoms with van der Waals surface area (Å²) in [5.74, 6) is 1.54. The topological polar surface area (TPSA) is 20.2 Å². The third-order valence-electron chi connectivity index (χ3n) is 3.74. The Morgan fingerprint density at radius 1 is 0.905 bits per heavy atom. The Kier molecular flexibility index (Phi) is 9.41. The maximum Gasteiger partial charge on any atom is 0.0622 e. The van der Waals surface area contributed by atoms with E-state index in [4.69, 9.17) is 0 Å². The molecule has 0 aromatic rings. The molecule has 0 spiro atoms. The SMILES string of the molecule is C[C@H]([C]1[CH][CH][CH][C]1[Si](C)(C)C)C(C)(C)O.[CH]1[CH][CH][CH][CH]1.[Fe]. The molecule has 0 aromatic carbocycles. The van der Waals surface area contributed by atoms with Crippen molar-refractivity contribution < 1.29 is 22.2 Å². The Labute approximate surface area is 145 Å². The Balaban J connectivity index is 0.000000562. The summed E-state index contributed by atoms with van der Waals surface area (Å²) in [6.07, 6.45) is 16.5. The minimum atomic E-state index is -1.28. The van der Waals surface area contributed by atoms with Crippen molar-refractivity contribution in [2.75, 3.05) is 0 Å². The average molecular weight is 344 g/mol. The van der Waals surface area contributed by atoms with Gasteiger partial charge in [-0.15, -0.1) is 0 Å². The van der Waals surface area contributed by atoms with Crippen LogP contribution in [0.2, 0.25) is 19.6 Å². The third kappa shape index (κ3) is 7.20. The van der Waals surface area contributed by atoms with E-state index in [1.54, 1.807) is 0 Å². The Morgan fingerprint density at radius 3 is 1.67 bits per heavy atom. The summed E-state index contributed by atoms with van der Waals surface area (Å²) in [5.41, 5.74) is 0.847. The van der Waals surface area contributed by atoms with E-state index in [1.165, 1.54) is 11.5 Å². The van der Waals surface area contributed by atoms with Crippen molar-refractivity contribution in [1.82, 2.24) is 0 Å². The number of hydrogen-bond acceptors (Lipinski definition) is 1. The maximum atomic E-state index is 10.1. The van der Waals surface area contributed by atoms with Gasteiger partial charge in [-0.2, -0.15) is 0 Å². The van der Waals surface area contributed by atoms with Gasteiger partial charge in [0.25, 0.3) is 0 Å². The zero-order chi connectivity index (χ0) is 15.4. The minimum Gasteiger partial charge on any atom is -0.390 e. The van der Waals surface area contributed by atoms with Gasteiger partial charge in [0.05, 0.1) is 13.7 Å². The smallest absolute Gasteiger partial charge is 0.0622 e. The van der Waals surface area contributed by atoms with Crippen LogP contribution < -0.4 is 0 Å². The normalized spacial score (nSPS) is 22.4. The summed E-state index contributed by atoms with van der Waals surface area (Å²) in [7, 11) is -1.28. The second-order valence-corrected chi connectivity index (χ2v) is 12.0. The molecule has 2 saturated carbocycles. The van der Waals surface area contributed by atoms with Gasteiger partial charge in [-0.3, -0.25) is 0 Å². The Hall–Kier alpha value is 0.696. The molecule has 2 rings (SSSR count). The van der Waals surface area contributed by atoms with Gasteiger partial charge in [0.15, 0.2) is 0 Å². The van der Waals surface area contributed by atoms with Crippen LogP contribution in [0.25, 0.3) is 0 Å². The predicted octanol–water partition coefficient (Wildman–Crippen LogP) is 4.07. The van der Waals surface area contributed by atoms with Crippen LogP contribution in [0.3, 0.4) is 0 Å². The summed E-state index contributed by atoms with van der Waals surface area (Å²) >= 11 is 0. The van der Waals surface area contributed by atoms with E-state index in [1.807, 2.05) is 46.0 Å². The molecule has 2 aliphatic carbocycles. The molecule has 10 radical (unpaired) electrons. The van der Waals surface area contributed by atoms with Gasteiger partial charge in [-0.25, -0.2) is 0 Å². The first-order chi connectivity index (χ1) is 9.14. The van der Waals surface area contributed by atoms with Crippen molar-refractivity contribution in [3.8, 4) is 0 Å². The number of hydrogen-bond donors (Lipinski definition) is 1. The van der Waals surface area contributed by atoms with Crippen molar-refractivity contribution in [2.45, 2.75) is 46.0 Å². The summed E-state index contributed by atoms with van der Waals surface area (Å²) in [6.45, 7) is 12.9. The molecule has 1 atom stereocenters. The minimum absolute atomic E-state index is 0. The molecule has 1 nitrogen and oxygen atoms in total. The van der Waals surface area contributed by atoms with E-state index in [-0.39, 0.29) is 23.0 Å². The predicted molar refractivity (Wildman–Crippen MR) is 89.7 cm³/mol. The van der Waals surface area contributed by atoms with E-state index < -0.39 is 13.7 Å². The fourth-order valence-corrected chi connectivity index (χ4v) is 3.96. The number of rotatable bonds is 3. The third-order valence-corrected chi connectivity index (χ3v) is 5.81. The fourth-order valence-electron chi connectivity index (χ4n) is 2.20. The van der Waals surface area contributed by atoms with Crippen LogP contribution in [0.5, 0.6) is 0 Å². The van der Waals surface area contributed by atoms with Crippen molar-refractivity contribution in [2.24, 2.45) is 5.92 Å². The standard InChI is InChI=1S/C13H23OSi.C5H5.Fe/c1-10(13(2,3)14)11-8-7-9-12(11)15(4,5)6;1-2-4-5-3-1;/h7-10,14H,1-6H3;1-5H;/t10-;;/m1../s1. The van der Waals surface area contributed by atoms with Crippen molar-refractivity contribution in [3.63, 3.8) is 0 Å². The van der Waals surface area contributed by atoms with E-state index in [0.29, 0.717) is 0 Å². The van der Waals surface area contributed by atoms with Crippen molar-refractivity contribution >= 4 is 8.07 Å². The molecule has 0 heterocycles. The van der Waals surface area contributed by atoms with Crippen LogP contribution in [-0.4, -0.2) is 18.8 Å². The zero-order valence-corrected chi connectivity index (χ0v) is 16.1. The first kappa shape index (κ1) is 21.7. The van der Waals surface area contributed by atoms with Crippen LogP contribution in [0.4, 0.5) is 0 Å². The first-order valence-electron chi connectivity index (χ1n) is 7.29. The summed E-state index contributed by atoms with van der Waals surface area (Å²) in [5, 5.41) is 10.1. The molecular formula is C18H28FeOSi. The Bertz CT molecular complexity index is 268. The molecule has 1 N–H and O–H groups in total. The van der Waals surface area contributed by atoms with Gasteiger partial charge >= 0.3 is 0 Å². The van der Waals surface area contributed by atoms with Crippen LogP contribution in [0.1, 0.15) is 20.8 Å². The molecule has 0 aromatic heterocycles. The molecule has 0 saturated heterocycles. The fraction of sp³-hybridized carbons (Fsp3) is 0.444. The van der Waals surface area contributed by atoms with Crippen LogP contribution in [0.15, 0.2) is 0 Å². The van der Waals surface area contributed by atoms with Crippen LogP contribution >= 0.6 is 0 Å². The summed E-state index contributed by atoms with van der Waals surface area (Å²) < 4.78 is 0. The molecule has 118 valence electrons. The molecule has 0 aliphatic heterocycles. The maximum absolute atomic E-state index is 10.1. The molecule has 0 amide bonds. The summed E-state index contributed by atoms with van der Waals surface area (Å²) in [6, 6.07) is 0. The molecular weight excluding hydrogens is 316 g/mol. The second kappa shape index (κ2) is 9.10. The molecule has 2 aliphatic rings. The monoisotopic (exact) mass is 344 g/mol. The molecule has 0 bridgehead atoms. The Morgan fingerprint density at radius 2 is 1.33 bits per heavy atom. The molecule has 21 heavy (non-hydrogen) atoms. The van der Waals surface area contributed by atoms with E-state index >= 15 is 0 Å².